The number of aliphatic carboxylic acids is 1. The Hall–Kier alpha value is -0.920. The molecule has 1 saturated heterocycles. The lowest BCUT2D eigenvalue weighted by Crippen LogP contribution is -2.29. The lowest BCUT2D eigenvalue weighted by molar-refractivity contribution is -0.137. The van der Waals surface area contributed by atoms with E-state index in [1.54, 1.807) is 7.11 Å². The fourth-order valence-corrected chi connectivity index (χ4v) is 3.82. The molecule has 5 nitrogen and oxygen atoms in total. The van der Waals surface area contributed by atoms with E-state index in [0.29, 0.717) is 28.1 Å². The Morgan fingerprint density at radius 1 is 1.44 bits per heavy atom. The van der Waals surface area contributed by atoms with E-state index in [-0.39, 0.29) is 17.9 Å². The summed E-state index contributed by atoms with van der Waals surface area (Å²) in [6.45, 7) is 6.74. The zero-order valence-corrected chi connectivity index (χ0v) is 17.2. The second kappa shape index (κ2) is 10.3. The summed E-state index contributed by atoms with van der Waals surface area (Å²) in [4.78, 5) is 25.1. The van der Waals surface area contributed by atoms with Gasteiger partial charge < -0.3 is 9.84 Å². The van der Waals surface area contributed by atoms with Crippen molar-refractivity contribution >= 4 is 40.2 Å². The molecule has 0 bridgehead atoms. The predicted octanol–water partition coefficient (Wildman–Crippen LogP) is 4.22. The van der Waals surface area contributed by atoms with Crippen LogP contribution in [-0.4, -0.2) is 45.5 Å². The first-order valence-corrected chi connectivity index (χ1v) is 9.89. The van der Waals surface area contributed by atoms with E-state index in [1.807, 2.05) is 6.08 Å². The Balaban J connectivity index is 2.43. The molecule has 0 aromatic carbocycles. The van der Waals surface area contributed by atoms with Gasteiger partial charge in [0, 0.05) is 20.1 Å². The van der Waals surface area contributed by atoms with Crippen LogP contribution in [0.25, 0.3) is 0 Å². The van der Waals surface area contributed by atoms with Gasteiger partial charge in [-0.3, -0.25) is 14.5 Å². The summed E-state index contributed by atoms with van der Waals surface area (Å²) in [7, 11) is 1.74. The predicted molar refractivity (Wildman–Crippen MR) is 106 cm³/mol. The van der Waals surface area contributed by atoms with Crippen LogP contribution in [0.5, 0.6) is 0 Å². The number of allylic oxidation sites excluding steroid dienone is 1. The first kappa shape index (κ1) is 22.1. The second-order valence-electron chi connectivity index (χ2n) is 7.09. The van der Waals surface area contributed by atoms with Gasteiger partial charge in [-0.15, -0.1) is 0 Å². The van der Waals surface area contributed by atoms with Crippen LogP contribution in [0.4, 0.5) is 0 Å². The highest BCUT2D eigenvalue weighted by molar-refractivity contribution is 8.26. The van der Waals surface area contributed by atoms with Crippen molar-refractivity contribution in [2.45, 2.75) is 64.9 Å². The molecule has 7 heteroatoms. The Kier molecular flexibility index (Phi) is 9.10. The van der Waals surface area contributed by atoms with Crippen LogP contribution in [0.1, 0.15) is 59.3 Å². The Morgan fingerprint density at radius 3 is 2.72 bits per heavy atom. The number of carbonyl (C=O) groups excluding carboxylic acids is 1. The quantitative estimate of drug-likeness (QED) is 0.423. The molecule has 1 N–H and O–H groups in total. The number of thiocarbonyl (C=S) groups is 1. The molecule has 1 unspecified atom stereocenters. The molecular weight excluding hydrogens is 358 g/mol. The number of carboxylic acids is 1. The Morgan fingerprint density at radius 2 is 2.12 bits per heavy atom. The molecule has 1 aliphatic heterocycles. The maximum Gasteiger partial charge on any atom is 0.303 e. The number of carboxylic acid groups (broad SMARTS) is 1. The first-order valence-electron chi connectivity index (χ1n) is 8.67. The van der Waals surface area contributed by atoms with Crippen LogP contribution in [0, 0.1) is 5.92 Å². The molecule has 0 aromatic heterocycles. The molecule has 142 valence electrons. The normalized spacial score (nSPS) is 18.2. The maximum atomic E-state index is 12.4. The molecule has 1 atom stereocenters. The lowest BCUT2D eigenvalue weighted by atomic mass is 9.95. The van der Waals surface area contributed by atoms with E-state index < -0.39 is 5.97 Å². The van der Waals surface area contributed by atoms with Gasteiger partial charge in [0.15, 0.2) is 0 Å². The summed E-state index contributed by atoms with van der Waals surface area (Å²) < 4.78 is 5.95. The molecular formula is C18H29NO4S2. The van der Waals surface area contributed by atoms with Gasteiger partial charge in [-0.2, -0.15) is 0 Å². The standard InChI is InChI=1S/C18H29NO4S2/c1-13(7-5-11-18(2,3)23-4)9-10-14-16(22)19(17(24)25-14)12-6-8-15(20)21/h10,13H,5-9,11-12H2,1-4H3,(H,20,21)/b14-10-. The van der Waals surface area contributed by atoms with Crippen molar-refractivity contribution in [2.24, 2.45) is 5.92 Å². The van der Waals surface area contributed by atoms with Gasteiger partial charge in [0.1, 0.15) is 4.32 Å². The topological polar surface area (TPSA) is 66.8 Å². The largest absolute Gasteiger partial charge is 0.481 e. The number of rotatable bonds is 11. The Labute approximate surface area is 160 Å². The molecule has 0 aliphatic carbocycles. The SMILES string of the molecule is COC(C)(C)CCCC(C)C/C=C1\SC(=S)N(CCCC(=O)O)C1=O. The van der Waals surface area contributed by atoms with Crippen molar-refractivity contribution in [1.82, 2.24) is 4.90 Å². The van der Waals surface area contributed by atoms with Crippen LogP contribution in [0.2, 0.25) is 0 Å². The number of hydrogen-bond acceptors (Lipinski definition) is 5. The van der Waals surface area contributed by atoms with E-state index in [9.17, 15) is 9.59 Å². The van der Waals surface area contributed by atoms with Crippen molar-refractivity contribution < 1.29 is 19.4 Å². The van der Waals surface area contributed by atoms with E-state index in [2.05, 4.69) is 20.8 Å². The highest BCUT2D eigenvalue weighted by Gasteiger charge is 2.31. The molecule has 1 aliphatic rings. The van der Waals surface area contributed by atoms with E-state index in [4.69, 9.17) is 22.1 Å². The van der Waals surface area contributed by atoms with Gasteiger partial charge in [0.05, 0.1) is 10.5 Å². The molecule has 1 amide bonds. The minimum atomic E-state index is -0.855. The highest BCUT2D eigenvalue weighted by Crippen LogP contribution is 2.32. The van der Waals surface area contributed by atoms with E-state index >= 15 is 0 Å². The molecule has 25 heavy (non-hydrogen) atoms. The molecule has 1 fully saturated rings. The van der Waals surface area contributed by atoms with Crippen LogP contribution in [-0.2, 0) is 14.3 Å². The first-order chi connectivity index (χ1) is 11.7. The van der Waals surface area contributed by atoms with Gasteiger partial charge in [-0.05, 0) is 39.0 Å². The summed E-state index contributed by atoms with van der Waals surface area (Å²) in [5, 5.41) is 8.69. The fraction of sp³-hybridized carbons (Fsp3) is 0.722. The van der Waals surface area contributed by atoms with Crippen LogP contribution < -0.4 is 0 Å². The summed E-state index contributed by atoms with van der Waals surface area (Å²) >= 11 is 6.56. The number of nitrogens with zero attached hydrogens (tertiary/aromatic N) is 1. The van der Waals surface area contributed by atoms with Crippen LogP contribution in [0.15, 0.2) is 11.0 Å². The monoisotopic (exact) mass is 387 g/mol. The summed E-state index contributed by atoms with van der Waals surface area (Å²) in [6.07, 6.45) is 6.47. The minimum Gasteiger partial charge on any atom is -0.481 e. The van der Waals surface area contributed by atoms with Gasteiger partial charge in [-0.25, -0.2) is 0 Å². The molecule has 0 saturated carbocycles. The van der Waals surface area contributed by atoms with Crippen molar-refractivity contribution in [3.05, 3.63) is 11.0 Å². The van der Waals surface area contributed by atoms with Crippen LogP contribution >= 0.6 is 24.0 Å². The van der Waals surface area contributed by atoms with Crippen molar-refractivity contribution in [1.29, 1.82) is 0 Å². The van der Waals surface area contributed by atoms with Crippen LogP contribution in [0.3, 0.4) is 0 Å². The summed E-state index contributed by atoms with van der Waals surface area (Å²) in [6, 6.07) is 0. The van der Waals surface area contributed by atoms with Crippen molar-refractivity contribution in [3.8, 4) is 0 Å². The third-order valence-electron chi connectivity index (χ3n) is 4.38. The number of hydrogen-bond donors (Lipinski definition) is 1. The zero-order chi connectivity index (χ0) is 19.0. The molecule has 1 rings (SSSR count). The van der Waals surface area contributed by atoms with Gasteiger partial charge in [0.2, 0.25) is 0 Å². The average molecular weight is 388 g/mol. The highest BCUT2D eigenvalue weighted by atomic mass is 32.2. The third-order valence-corrected chi connectivity index (χ3v) is 5.81. The number of amides is 1. The molecule has 0 aromatic rings. The number of carbonyl (C=O) groups is 2. The number of thioether (sulfide) groups is 1. The fourth-order valence-electron chi connectivity index (χ4n) is 2.52. The maximum absolute atomic E-state index is 12.4. The third kappa shape index (κ3) is 7.88. The van der Waals surface area contributed by atoms with Crippen molar-refractivity contribution in [3.63, 3.8) is 0 Å². The minimum absolute atomic E-state index is 0.0466. The van der Waals surface area contributed by atoms with Gasteiger partial charge >= 0.3 is 5.97 Å². The van der Waals surface area contributed by atoms with E-state index in [0.717, 1.165) is 25.7 Å². The lowest BCUT2D eigenvalue weighted by Gasteiger charge is -2.23. The van der Waals surface area contributed by atoms with Gasteiger partial charge in [-0.1, -0.05) is 49.8 Å². The van der Waals surface area contributed by atoms with Crippen molar-refractivity contribution in [2.75, 3.05) is 13.7 Å². The van der Waals surface area contributed by atoms with Gasteiger partial charge in [0.25, 0.3) is 5.91 Å². The molecule has 1 heterocycles. The summed E-state index contributed by atoms with van der Waals surface area (Å²) in [5.74, 6) is -0.456. The molecule has 0 spiro atoms. The number of methoxy groups -OCH3 is 1. The smallest absolute Gasteiger partial charge is 0.303 e. The summed E-state index contributed by atoms with van der Waals surface area (Å²) in [5.41, 5.74) is -0.0852. The van der Waals surface area contributed by atoms with E-state index in [1.165, 1.54) is 16.7 Å². The second-order valence-corrected chi connectivity index (χ2v) is 8.76. The molecule has 0 radical (unpaired) electrons. The average Bonchev–Trinajstić information content (AvgIpc) is 2.80. The Bertz CT molecular complexity index is 531. The number of ether oxygens (including phenoxy) is 1. The zero-order valence-electron chi connectivity index (χ0n) is 15.5.